The molecule has 0 aliphatic rings. The summed E-state index contributed by atoms with van der Waals surface area (Å²) in [5, 5.41) is 3.72. The smallest absolute Gasteiger partial charge is 0.145 e. The van der Waals surface area contributed by atoms with E-state index in [1.54, 1.807) is 0 Å². The number of imidazole rings is 1. The quantitative estimate of drug-likeness (QED) is 0.383. The Labute approximate surface area is 133 Å². The van der Waals surface area contributed by atoms with E-state index in [0.29, 0.717) is 0 Å². The van der Waals surface area contributed by atoms with Gasteiger partial charge in [0.05, 0.1) is 5.52 Å². The second kappa shape index (κ2) is 4.68. The van der Waals surface area contributed by atoms with Crippen LogP contribution in [0.4, 0.5) is 0 Å². The van der Waals surface area contributed by atoms with Gasteiger partial charge in [-0.1, -0.05) is 66.7 Å². The molecule has 0 fully saturated rings. The largest absolute Gasteiger partial charge is 0.299 e. The number of fused-ring (bicyclic) bond motifs is 6. The molecule has 0 saturated heterocycles. The van der Waals surface area contributed by atoms with Crippen LogP contribution in [0, 0.1) is 0 Å². The fourth-order valence-electron chi connectivity index (χ4n) is 3.48. The topological polar surface area (TPSA) is 17.3 Å². The van der Waals surface area contributed by atoms with Crippen molar-refractivity contribution < 1.29 is 0 Å². The van der Waals surface area contributed by atoms with Gasteiger partial charge in [0.15, 0.2) is 0 Å². The number of hydrogen-bond donors (Lipinski definition) is 0. The fraction of sp³-hybridized carbons (Fsp3) is 0. The van der Waals surface area contributed by atoms with Crippen molar-refractivity contribution in [3.05, 3.63) is 85.2 Å². The molecule has 23 heavy (non-hydrogen) atoms. The molecule has 2 nitrogen and oxygen atoms in total. The molecule has 0 bridgehead atoms. The van der Waals surface area contributed by atoms with Crippen LogP contribution in [0.5, 0.6) is 0 Å². The SMILES string of the molecule is c1ccc(-c2cccc3c2c2ccccc2n2ccnc32)cc1. The molecule has 0 aliphatic carbocycles. The zero-order valence-electron chi connectivity index (χ0n) is 12.5. The number of nitrogens with zero attached hydrogens (tertiary/aromatic N) is 2. The Hall–Kier alpha value is -3.13. The van der Waals surface area contributed by atoms with E-state index in [-0.39, 0.29) is 0 Å². The average molecular weight is 294 g/mol. The average Bonchev–Trinajstić information content (AvgIpc) is 3.12. The molecular weight excluding hydrogens is 280 g/mol. The van der Waals surface area contributed by atoms with Gasteiger partial charge in [-0.25, -0.2) is 4.98 Å². The first-order chi connectivity index (χ1) is 11.4. The number of para-hydroxylation sites is 1. The van der Waals surface area contributed by atoms with Gasteiger partial charge < -0.3 is 0 Å². The highest BCUT2D eigenvalue weighted by Crippen LogP contribution is 2.36. The minimum atomic E-state index is 1.01. The Morgan fingerprint density at radius 1 is 0.696 bits per heavy atom. The molecule has 108 valence electrons. The molecule has 0 spiro atoms. The molecule has 5 aromatic rings. The Morgan fingerprint density at radius 3 is 2.39 bits per heavy atom. The summed E-state index contributed by atoms with van der Waals surface area (Å²) in [4.78, 5) is 4.59. The van der Waals surface area contributed by atoms with Gasteiger partial charge in [-0.3, -0.25) is 4.40 Å². The predicted molar refractivity (Wildman–Crippen MR) is 95.6 cm³/mol. The lowest BCUT2D eigenvalue weighted by molar-refractivity contribution is 1.27. The lowest BCUT2D eigenvalue weighted by atomic mass is 9.96. The fourth-order valence-corrected chi connectivity index (χ4v) is 3.48. The van der Waals surface area contributed by atoms with Crippen molar-refractivity contribution in [1.82, 2.24) is 9.38 Å². The first-order valence-electron chi connectivity index (χ1n) is 7.75. The van der Waals surface area contributed by atoms with E-state index < -0.39 is 0 Å². The third kappa shape index (κ3) is 1.72. The number of benzene rings is 3. The molecule has 0 saturated carbocycles. The molecule has 0 aliphatic heterocycles. The minimum Gasteiger partial charge on any atom is -0.299 e. The molecule has 0 radical (unpaired) electrons. The van der Waals surface area contributed by atoms with Gasteiger partial charge in [0.2, 0.25) is 0 Å². The summed E-state index contributed by atoms with van der Waals surface area (Å²) in [5.74, 6) is 0. The van der Waals surface area contributed by atoms with Crippen LogP contribution in [0.3, 0.4) is 0 Å². The van der Waals surface area contributed by atoms with E-state index in [9.17, 15) is 0 Å². The first-order valence-corrected chi connectivity index (χ1v) is 7.75. The molecule has 2 aromatic heterocycles. The van der Waals surface area contributed by atoms with Crippen LogP contribution in [-0.2, 0) is 0 Å². The van der Waals surface area contributed by atoms with Gasteiger partial charge in [-0.15, -0.1) is 0 Å². The maximum Gasteiger partial charge on any atom is 0.145 e. The van der Waals surface area contributed by atoms with Gasteiger partial charge in [-0.2, -0.15) is 0 Å². The van der Waals surface area contributed by atoms with Crippen LogP contribution in [0.15, 0.2) is 85.2 Å². The second-order valence-corrected chi connectivity index (χ2v) is 5.73. The first kappa shape index (κ1) is 12.4. The molecule has 0 unspecified atom stereocenters. The van der Waals surface area contributed by atoms with Gasteiger partial charge in [0.1, 0.15) is 5.65 Å². The van der Waals surface area contributed by atoms with Crippen LogP contribution in [-0.4, -0.2) is 9.38 Å². The van der Waals surface area contributed by atoms with Crippen molar-refractivity contribution in [3.63, 3.8) is 0 Å². The lowest BCUT2D eigenvalue weighted by Crippen LogP contribution is -1.92. The van der Waals surface area contributed by atoms with Crippen LogP contribution >= 0.6 is 0 Å². The van der Waals surface area contributed by atoms with Gasteiger partial charge in [0, 0.05) is 28.6 Å². The third-order valence-corrected chi connectivity index (χ3v) is 4.46. The van der Waals surface area contributed by atoms with E-state index in [1.165, 1.54) is 32.8 Å². The summed E-state index contributed by atoms with van der Waals surface area (Å²) in [6.45, 7) is 0. The van der Waals surface area contributed by atoms with E-state index in [1.807, 2.05) is 12.4 Å². The third-order valence-electron chi connectivity index (χ3n) is 4.46. The van der Waals surface area contributed by atoms with Gasteiger partial charge in [-0.05, 0) is 17.2 Å². The second-order valence-electron chi connectivity index (χ2n) is 5.73. The summed E-state index contributed by atoms with van der Waals surface area (Å²) in [5.41, 5.74) is 4.69. The number of aromatic nitrogens is 2. The Balaban J connectivity index is 2.08. The summed E-state index contributed by atoms with van der Waals surface area (Å²) >= 11 is 0. The molecule has 0 amide bonds. The number of rotatable bonds is 1. The van der Waals surface area contributed by atoms with E-state index in [0.717, 1.165) is 5.65 Å². The predicted octanol–water partition coefficient (Wildman–Crippen LogP) is 5.31. The minimum absolute atomic E-state index is 1.01. The van der Waals surface area contributed by atoms with Gasteiger partial charge >= 0.3 is 0 Å². The number of pyridine rings is 1. The van der Waals surface area contributed by atoms with Crippen molar-refractivity contribution >= 4 is 27.3 Å². The molecule has 3 aromatic carbocycles. The van der Waals surface area contributed by atoms with Crippen molar-refractivity contribution in [2.75, 3.05) is 0 Å². The van der Waals surface area contributed by atoms with E-state index in [2.05, 4.69) is 82.2 Å². The monoisotopic (exact) mass is 294 g/mol. The van der Waals surface area contributed by atoms with Crippen LogP contribution < -0.4 is 0 Å². The van der Waals surface area contributed by atoms with Crippen LogP contribution in [0.2, 0.25) is 0 Å². The highest BCUT2D eigenvalue weighted by Gasteiger charge is 2.12. The molecule has 5 rings (SSSR count). The molecule has 0 N–H and O–H groups in total. The Kier molecular flexibility index (Phi) is 2.53. The zero-order valence-corrected chi connectivity index (χ0v) is 12.5. The van der Waals surface area contributed by atoms with Crippen molar-refractivity contribution in [2.45, 2.75) is 0 Å². The summed E-state index contributed by atoms with van der Waals surface area (Å²) < 4.78 is 2.17. The summed E-state index contributed by atoms with van der Waals surface area (Å²) in [6, 6.07) is 25.6. The Morgan fingerprint density at radius 2 is 1.48 bits per heavy atom. The maximum atomic E-state index is 4.59. The van der Waals surface area contributed by atoms with E-state index >= 15 is 0 Å². The zero-order chi connectivity index (χ0) is 15.2. The molecule has 2 heteroatoms. The standard InChI is InChI=1S/C21H14N2/c1-2-7-15(8-3-1)16-10-6-11-18-20(16)17-9-4-5-12-19(17)23-14-13-22-21(18)23/h1-14H. The van der Waals surface area contributed by atoms with Crippen molar-refractivity contribution in [1.29, 1.82) is 0 Å². The van der Waals surface area contributed by atoms with Crippen molar-refractivity contribution in [3.8, 4) is 11.1 Å². The summed E-state index contributed by atoms with van der Waals surface area (Å²) in [7, 11) is 0. The molecule has 0 atom stereocenters. The Bertz CT molecular complexity index is 1150. The van der Waals surface area contributed by atoms with E-state index in [4.69, 9.17) is 0 Å². The van der Waals surface area contributed by atoms with Crippen molar-refractivity contribution in [2.24, 2.45) is 0 Å². The molecular formula is C21H14N2. The van der Waals surface area contributed by atoms with Crippen LogP contribution in [0.1, 0.15) is 0 Å². The highest BCUT2D eigenvalue weighted by molar-refractivity contribution is 6.17. The summed E-state index contributed by atoms with van der Waals surface area (Å²) in [6.07, 6.45) is 3.91. The highest BCUT2D eigenvalue weighted by atomic mass is 15.0. The molecule has 2 heterocycles. The normalized spacial score (nSPS) is 11.5. The lowest BCUT2D eigenvalue weighted by Gasteiger charge is -2.12. The number of hydrogen-bond acceptors (Lipinski definition) is 1. The maximum absolute atomic E-state index is 4.59. The van der Waals surface area contributed by atoms with Gasteiger partial charge in [0.25, 0.3) is 0 Å². The van der Waals surface area contributed by atoms with Crippen LogP contribution in [0.25, 0.3) is 38.4 Å².